The molecular formula is C12H20ClN3O. The Labute approximate surface area is 108 Å². The average molecular weight is 258 g/mol. The van der Waals surface area contributed by atoms with Gasteiger partial charge in [0.2, 0.25) is 5.88 Å². The van der Waals surface area contributed by atoms with Crippen LogP contribution in [0.4, 0.5) is 0 Å². The van der Waals surface area contributed by atoms with Crippen LogP contribution < -0.4 is 4.74 Å². The van der Waals surface area contributed by atoms with Gasteiger partial charge in [-0.2, -0.15) is 0 Å². The van der Waals surface area contributed by atoms with Gasteiger partial charge in [0.25, 0.3) is 0 Å². The highest BCUT2D eigenvalue weighted by atomic mass is 35.5. The second-order valence-corrected chi connectivity index (χ2v) is 5.40. The van der Waals surface area contributed by atoms with E-state index in [1.54, 1.807) is 0 Å². The summed E-state index contributed by atoms with van der Waals surface area (Å²) in [6.07, 6.45) is 0. The van der Waals surface area contributed by atoms with Crippen LogP contribution in [0.25, 0.3) is 0 Å². The van der Waals surface area contributed by atoms with Crippen molar-refractivity contribution in [3.05, 3.63) is 16.3 Å². The van der Waals surface area contributed by atoms with Crippen LogP contribution in [0.5, 0.6) is 5.88 Å². The largest absolute Gasteiger partial charge is 0.474 e. The fourth-order valence-electron chi connectivity index (χ4n) is 1.07. The fraction of sp³-hybridized carbons (Fsp3) is 0.667. The smallest absolute Gasteiger partial charge is 0.236 e. The first-order valence-corrected chi connectivity index (χ1v) is 5.93. The summed E-state index contributed by atoms with van der Waals surface area (Å²) >= 11 is 5.89. The van der Waals surface area contributed by atoms with Crippen LogP contribution in [0.2, 0.25) is 5.15 Å². The Kier molecular flexibility index (Phi) is 4.33. The predicted molar refractivity (Wildman–Crippen MR) is 69.8 cm³/mol. The first-order valence-electron chi connectivity index (χ1n) is 5.55. The normalized spacial score (nSPS) is 12.0. The Balaban J connectivity index is 2.81. The Morgan fingerprint density at radius 2 is 1.76 bits per heavy atom. The molecule has 96 valence electrons. The number of hydrogen-bond acceptors (Lipinski definition) is 4. The molecule has 0 amide bonds. The Morgan fingerprint density at radius 3 is 2.29 bits per heavy atom. The zero-order chi connectivity index (χ0) is 13.2. The lowest BCUT2D eigenvalue weighted by Gasteiger charge is -2.32. The van der Waals surface area contributed by atoms with Crippen molar-refractivity contribution < 1.29 is 4.74 Å². The monoisotopic (exact) mass is 257 g/mol. The number of aromatic nitrogens is 2. The summed E-state index contributed by atoms with van der Waals surface area (Å²) < 4.78 is 5.72. The van der Waals surface area contributed by atoms with Crippen molar-refractivity contribution >= 4 is 11.6 Å². The van der Waals surface area contributed by atoms with Crippen molar-refractivity contribution in [1.29, 1.82) is 0 Å². The van der Waals surface area contributed by atoms with Crippen molar-refractivity contribution in [2.45, 2.75) is 33.2 Å². The number of ether oxygens (including phenoxy) is 1. The number of rotatable bonds is 4. The van der Waals surface area contributed by atoms with Crippen LogP contribution in [0, 0.1) is 13.8 Å². The van der Waals surface area contributed by atoms with Gasteiger partial charge in [0.15, 0.2) is 5.15 Å². The zero-order valence-corrected chi connectivity index (χ0v) is 12.1. The highest BCUT2D eigenvalue weighted by Gasteiger charge is 2.22. The molecule has 0 aromatic carbocycles. The molecule has 1 heterocycles. The summed E-state index contributed by atoms with van der Waals surface area (Å²) in [7, 11) is 4.05. The Morgan fingerprint density at radius 1 is 1.18 bits per heavy atom. The molecule has 1 aromatic rings. The Bertz CT molecular complexity index is 405. The maximum atomic E-state index is 5.89. The molecule has 0 saturated carbocycles. The van der Waals surface area contributed by atoms with Gasteiger partial charge in [-0.3, -0.25) is 0 Å². The molecule has 17 heavy (non-hydrogen) atoms. The lowest BCUT2D eigenvalue weighted by molar-refractivity contribution is 0.110. The molecule has 0 atom stereocenters. The SMILES string of the molecule is Cc1c(Cl)nnc(OCC(C)(C)N(C)C)c1C. The van der Waals surface area contributed by atoms with E-state index in [9.17, 15) is 0 Å². The summed E-state index contributed by atoms with van der Waals surface area (Å²) in [6, 6.07) is 0. The molecule has 0 N–H and O–H groups in total. The summed E-state index contributed by atoms with van der Waals surface area (Å²) in [5.41, 5.74) is 1.81. The molecule has 0 radical (unpaired) electrons. The summed E-state index contributed by atoms with van der Waals surface area (Å²) in [6.45, 7) is 8.62. The van der Waals surface area contributed by atoms with Crippen LogP contribution in [0.3, 0.4) is 0 Å². The molecule has 0 aliphatic carbocycles. The van der Waals surface area contributed by atoms with E-state index in [1.165, 1.54) is 0 Å². The van der Waals surface area contributed by atoms with Crippen LogP contribution in [0.1, 0.15) is 25.0 Å². The molecule has 0 spiro atoms. The van der Waals surface area contributed by atoms with Gasteiger partial charge in [-0.1, -0.05) is 11.6 Å². The van der Waals surface area contributed by atoms with E-state index in [0.717, 1.165) is 11.1 Å². The van der Waals surface area contributed by atoms with E-state index < -0.39 is 0 Å². The minimum atomic E-state index is -0.0539. The van der Waals surface area contributed by atoms with Gasteiger partial charge < -0.3 is 9.64 Å². The molecule has 5 heteroatoms. The molecular weight excluding hydrogens is 238 g/mol. The van der Waals surface area contributed by atoms with Gasteiger partial charge in [0, 0.05) is 11.1 Å². The van der Waals surface area contributed by atoms with Gasteiger partial charge >= 0.3 is 0 Å². The molecule has 0 fully saturated rings. The van der Waals surface area contributed by atoms with E-state index in [-0.39, 0.29) is 5.54 Å². The number of hydrogen-bond donors (Lipinski definition) is 0. The summed E-state index contributed by atoms with van der Waals surface area (Å²) in [5.74, 6) is 0.557. The van der Waals surface area contributed by atoms with Crippen molar-refractivity contribution in [1.82, 2.24) is 15.1 Å². The lowest BCUT2D eigenvalue weighted by atomic mass is 10.1. The quantitative estimate of drug-likeness (QED) is 0.831. The van der Waals surface area contributed by atoms with Gasteiger partial charge in [0.1, 0.15) is 6.61 Å². The third-order valence-corrected chi connectivity index (χ3v) is 3.55. The van der Waals surface area contributed by atoms with Crippen LogP contribution in [-0.4, -0.2) is 41.3 Å². The number of likely N-dealkylation sites (N-methyl/N-ethyl adjacent to an activating group) is 1. The molecule has 4 nitrogen and oxygen atoms in total. The Hall–Kier alpha value is -0.870. The number of nitrogens with zero attached hydrogens (tertiary/aromatic N) is 3. The third kappa shape index (κ3) is 3.30. The van der Waals surface area contributed by atoms with Gasteiger partial charge in [-0.15, -0.1) is 10.2 Å². The van der Waals surface area contributed by atoms with Gasteiger partial charge in [0.05, 0.1) is 0 Å². The molecule has 0 bridgehead atoms. The number of halogens is 1. The van der Waals surface area contributed by atoms with E-state index in [1.807, 2.05) is 27.9 Å². The second kappa shape index (κ2) is 5.19. The van der Waals surface area contributed by atoms with Crippen LogP contribution in [0.15, 0.2) is 0 Å². The minimum absolute atomic E-state index is 0.0539. The van der Waals surface area contributed by atoms with Crippen molar-refractivity contribution in [3.8, 4) is 5.88 Å². The first kappa shape index (κ1) is 14.2. The average Bonchev–Trinajstić information content (AvgIpc) is 2.25. The molecule has 0 saturated heterocycles. The van der Waals surface area contributed by atoms with E-state index in [0.29, 0.717) is 17.6 Å². The first-order chi connectivity index (χ1) is 7.75. The van der Waals surface area contributed by atoms with E-state index in [4.69, 9.17) is 16.3 Å². The maximum absolute atomic E-state index is 5.89. The van der Waals surface area contributed by atoms with Crippen molar-refractivity contribution in [2.75, 3.05) is 20.7 Å². The maximum Gasteiger partial charge on any atom is 0.236 e. The minimum Gasteiger partial charge on any atom is -0.474 e. The fourth-order valence-corrected chi connectivity index (χ4v) is 1.25. The van der Waals surface area contributed by atoms with Crippen LogP contribution >= 0.6 is 11.6 Å². The molecule has 1 rings (SSSR count). The summed E-state index contributed by atoms with van der Waals surface area (Å²) in [4.78, 5) is 2.11. The molecule has 0 aliphatic rings. The predicted octanol–water partition coefficient (Wildman–Crippen LogP) is 2.47. The highest BCUT2D eigenvalue weighted by Crippen LogP contribution is 2.23. The van der Waals surface area contributed by atoms with Crippen LogP contribution in [-0.2, 0) is 0 Å². The van der Waals surface area contributed by atoms with Gasteiger partial charge in [-0.05, 0) is 47.4 Å². The lowest BCUT2D eigenvalue weighted by Crippen LogP contribution is -2.43. The molecule has 1 aromatic heterocycles. The topological polar surface area (TPSA) is 38.3 Å². The molecule has 0 unspecified atom stereocenters. The highest BCUT2D eigenvalue weighted by molar-refractivity contribution is 6.30. The third-order valence-electron chi connectivity index (χ3n) is 3.19. The van der Waals surface area contributed by atoms with E-state index >= 15 is 0 Å². The van der Waals surface area contributed by atoms with E-state index in [2.05, 4.69) is 28.9 Å². The van der Waals surface area contributed by atoms with Crippen molar-refractivity contribution in [3.63, 3.8) is 0 Å². The van der Waals surface area contributed by atoms with Crippen molar-refractivity contribution in [2.24, 2.45) is 0 Å². The zero-order valence-electron chi connectivity index (χ0n) is 11.3. The summed E-state index contributed by atoms with van der Waals surface area (Å²) in [5, 5.41) is 8.27. The molecule has 0 aliphatic heterocycles. The van der Waals surface area contributed by atoms with Gasteiger partial charge in [-0.25, -0.2) is 0 Å². The standard InChI is InChI=1S/C12H20ClN3O/c1-8-9(2)11(15-14-10(8)13)17-7-12(3,4)16(5)6/h7H2,1-6H3. The second-order valence-electron chi connectivity index (χ2n) is 5.04.